The molecule has 1 fully saturated rings. The van der Waals surface area contributed by atoms with E-state index in [1.165, 1.54) is 28.6 Å². The Kier molecular flexibility index (Phi) is 8.63. The molecule has 1 aliphatic heterocycles. The Hall–Kier alpha value is -2.71. The molecule has 0 bridgehead atoms. The van der Waals surface area contributed by atoms with E-state index in [0.29, 0.717) is 44.6 Å². The maximum Gasteiger partial charge on any atom is 0.338 e. The van der Waals surface area contributed by atoms with Gasteiger partial charge in [0, 0.05) is 32.1 Å². The zero-order chi connectivity index (χ0) is 23.8. The zero-order valence-electron chi connectivity index (χ0n) is 19.3. The van der Waals surface area contributed by atoms with Crippen molar-refractivity contribution < 1.29 is 22.7 Å². The van der Waals surface area contributed by atoms with Gasteiger partial charge in [-0.3, -0.25) is 4.79 Å². The number of carbonyl (C=O) groups excluding carboxylic acids is 2. The predicted molar refractivity (Wildman–Crippen MR) is 126 cm³/mol. The van der Waals surface area contributed by atoms with Gasteiger partial charge in [0.25, 0.3) is 0 Å². The molecule has 1 aliphatic rings. The average Bonchev–Trinajstić information content (AvgIpc) is 2.84. The Bertz CT molecular complexity index is 1030. The number of ether oxygens (including phenoxy) is 1. The largest absolute Gasteiger partial charge is 0.462 e. The van der Waals surface area contributed by atoms with Crippen LogP contribution in [0.15, 0.2) is 59.5 Å². The standard InChI is InChI=1S/C25H32N2O5S/c1-3-16-26(19-20-8-6-5-7-9-20)24(28)21-14-17-27(18-15-21)33(30,31)23-12-10-22(11-13-23)25(29)32-4-2/h5-13,21H,3-4,14-19H2,1-2H3. The lowest BCUT2D eigenvalue weighted by Gasteiger charge is -2.33. The van der Waals surface area contributed by atoms with Crippen LogP contribution in [0.25, 0.3) is 0 Å². The van der Waals surface area contributed by atoms with Crippen molar-refractivity contribution in [2.24, 2.45) is 5.92 Å². The van der Waals surface area contributed by atoms with Gasteiger partial charge in [0.1, 0.15) is 0 Å². The first-order valence-corrected chi connectivity index (χ1v) is 12.9. The lowest BCUT2D eigenvalue weighted by molar-refractivity contribution is -0.137. The fourth-order valence-corrected chi connectivity index (χ4v) is 5.54. The molecule has 8 heteroatoms. The van der Waals surface area contributed by atoms with Crippen molar-refractivity contribution in [3.63, 3.8) is 0 Å². The van der Waals surface area contributed by atoms with Crippen molar-refractivity contribution >= 4 is 21.9 Å². The van der Waals surface area contributed by atoms with Crippen molar-refractivity contribution in [1.29, 1.82) is 0 Å². The van der Waals surface area contributed by atoms with E-state index in [0.717, 1.165) is 12.0 Å². The minimum atomic E-state index is -3.69. The molecular weight excluding hydrogens is 440 g/mol. The van der Waals surface area contributed by atoms with Crippen LogP contribution in [0.5, 0.6) is 0 Å². The van der Waals surface area contributed by atoms with Gasteiger partial charge in [0.15, 0.2) is 0 Å². The molecular formula is C25H32N2O5S. The number of hydrogen-bond donors (Lipinski definition) is 0. The maximum absolute atomic E-state index is 13.2. The summed E-state index contributed by atoms with van der Waals surface area (Å²) in [6.07, 6.45) is 1.86. The van der Waals surface area contributed by atoms with Gasteiger partial charge < -0.3 is 9.64 Å². The second kappa shape index (κ2) is 11.4. The van der Waals surface area contributed by atoms with Crippen LogP contribution in [0.3, 0.4) is 0 Å². The van der Waals surface area contributed by atoms with Crippen molar-refractivity contribution in [1.82, 2.24) is 9.21 Å². The Labute approximate surface area is 196 Å². The summed E-state index contributed by atoms with van der Waals surface area (Å²) in [5, 5.41) is 0. The normalized spacial score (nSPS) is 15.2. The third-order valence-corrected chi connectivity index (χ3v) is 7.74. The third kappa shape index (κ3) is 6.21. The van der Waals surface area contributed by atoms with Crippen molar-refractivity contribution in [2.45, 2.75) is 44.6 Å². The van der Waals surface area contributed by atoms with Gasteiger partial charge >= 0.3 is 5.97 Å². The second-order valence-corrected chi connectivity index (χ2v) is 10.1. The molecule has 0 radical (unpaired) electrons. The number of benzene rings is 2. The molecule has 1 heterocycles. The van der Waals surface area contributed by atoms with Gasteiger partial charge in [0.05, 0.1) is 17.1 Å². The van der Waals surface area contributed by atoms with Crippen LogP contribution in [-0.4, -0.2) is 55.7 Å². The molecule has 1 saturated heterocycles. The third-order valence-electron chi connectivity index (χ3n) is 5.83. The SMILES string of the molecule is CCCN(Cc1ccccc1)C(=O)C1CCN(S(=O)(=O)c2ccc(C(=O)OCC)cc2)CC1. The van der Waals surface area contributed by atoms with E-state index in [1.54, 1.807) is 6.92 Å². The summed E-state index contributed by atoms with van der Waals surface area (Å²) in [7, 11) is -3.69. The van der Waals surface area contributed by atoms with Gasteiger partial charge in [0.2, 0.25) is 15.9 Å². The van der Waals surface area contributed by atoms with Crippen LogP contribution < -0.4 is 0 Å². The highest BCUT2D eigenvalue weighted by Gasteiger charge is 2.33. The quantitative estimate of drug-likeness (QED) is 0.520. The number of piperidine rings is 1. The van der Waals surface area contributed by atoms with E-state index in [1.807, 2.05) is 42.2 Å². The Morgan fingerprint density at radius 3 is 2.21 bits per heavy atom. The summed E-state index contributed by atoms with van der Waals surface area (Å²) in [6, 6.07) is 15.7. The topological polar surface area (TPSA) is 84.0 Å². The molecule has 0 N–H and O–H groups in total. The van der Waals surface area contributed by atoms with Gasteiger partial charge in [-0.15, -0.1) is 0 Å². The van der Waals surface area contributed by atoms with Gasteiger partial charge in [-0.2, -0.15) is 4.31 Å². The summed E-state index contributed by atoms with van der Waals surface area (Å²) >= 11 is 0. The smallest absolute Gasteiger partial charge is 0.338 e. The van der Waals surface area contributed by atoms with E-state index in [-0.39, 0.29) is 23.3 Å². The number of sulfonamides is 1. The molecule has 2 aromatic carbocycles. The lowest BCUT2D eigenvalue weighted by atomic mass is 9.96. The first-order chi connectivity index (χ1) is 15.9. The Balaban J connectivity index is 1.62. The molecule has 0 aliphatic carbocycles. The summed E-state index contributed by atoms with van der Waals surface area (Å²) in [5.74, 6) is -0.567. The molecule has 3 rings (SSSR count). The summed E-state index contributed by atoms with van der Waals surface area (Å²) in [6.45, 7) is 5.86. The molecule has 2 aromatic rings. The summed E-state index contributed by atoms with van der Waals surface area (Å²) < 4.78 is 32.5. The number of rotatable bonds is 9. The van der Waals surface area contributed by atoms with Gasteiger partial charge in [-0.25, -0.2) is 13.2 Å². The van der Waals surface area contributed by atoms with Crippen LogP contribution in [-0.2, 0) is 26.1 Å². The Morgan fingerprint density at radius 2 is 1.64 bits per heavy atom. The number of carbonyl (C=O) groups is 2. The van der Waals surface area contributed by atoms with Crippen LogP contribution >= 0.6 is 0 Å². The molecule has 1 amide bonds. The number of hydrogen-bond acceptors (Lipinski definition) is 5. The average molecular weight is 473 g/mol. The van der Waals surface area contributed by atoms with Crippen molar-refractivity contribution in [3.8, 4) is 0 Å². The lowest BCUT2D eigenvalue weighted by Crippen LogP contribution is -2.44. The summed E-state index contributed by atoms with van der Waals surface area (Å²) in [5.41, 5.74) is 1.40. The first-order valence-electron chi connectivity index (χ1n) is 11.5. The second-order valence-electron chi connectivity index (χ2n) is 8.17. The molecule has 178 valence electrons. The minimum Gasteiger partial charge on any atom is -0.462 e. The number of amides is 1. The van der Waals surface area contributed by atoms with Crippen molar-refractivity contribution in [3.05, 3.63) is 65.7 Å². The maximum atomic E-state index is 13.2. The zero-order valence-corrected chi connectivity index (χ0v) is 20.1. The highest BCUT2D eigenvalue weighted by molar-refractivity contribution is 7.89. The molecule has 0 spiro atoms. The first kappa shape index (κ1) is 24.9. The van der Waals surface area contributed by atoms with Gasteiger partial charge in [-0.05, 0) is 56.0 Å². The van der Waals surface area contributed by atoms with E-state index in [2.05, 4.69) is 0 Å². The Morgan fingerprint density at radius 1 is 1.00 bits per heavy atom. The number of esters is 1. The molecule has 0 saturated carbocycles. The van der Waals surface area contributed by atoms with E-state index in [4.69, 9.17) is 4.74 Å². The highest BCUT2D eigenvalue weighted by atomic mass is 32.2. The number of nitrogens with zero attached hydrogens (tertiary/aromatic N) is 2. The van der Waals surface area contributed by atoms with Crippen LogP contribution in [0.1, 0.15) is 49.0 Å². The van der Waals surface area contributed by atoms with Crippen LogP contribution in [0, 0.1) is 5.92 Å². The van der Waals surface area contributed by atoms with E-state index in [9.17, 15) is 18.0 Å². The fraction of sp³-hybridized carbons (Fsp3) is 0.440. The van der Waals surface area contributed by atoms with E-state index < -0.39 is 16.0 Å². The van der Waals surface area contributed by atoms with Crippen molar-refractivity contribution in [2.75, 3.05) is 26.2 Å². The molecule has 0 aromatic heterocycles. The predicted octanol–water partition coefficient (Wildman–Crippen LogP) is 3.70. The van der Waals surface area contributed by atoms with Crippen LogP contribution in [0.2, 0.25) is 0 Å². The summed E-state index contributed by atoms with van der Waals surface area (Å²) in [4.78, 5) is 27.0. The van der Waals surface area contributed by atoms with Gasteiger partial charge in [-0.1, -0.05) is 37.3 Å². The molecule has 0 atom stereocenters. The molecule has 7 nitrogen and oxygen atoms in total. The molecule has 33 heavy (non-hydrogen) atoms. The fourth-order valence-electron chi connectivity index (χ4n) is 4.07. The minimum absolute atomic E-state index is 0.0940. The highest BCUT2D eigenvalue weighted by Crippen LogP contribution is 2.26. The monoisotopic (exact) mass is 472 g/mol. The molecule has 0 unspecified atom stereocenters. The van der Waals surface area contributed by atoms with E-state index >= 15 is 0 Å². The van der Waals surface area contributed by atoms with Crippen LogP contribution in [0.4, 0.5) is 0 Å².